The fourth-order valence-electron chi connectivity index (χ4n) is 2.83. The Kier molecular flexibility index (Phi) is 3.54. The summed E-state index contributed by atoms with van der Waals surface area (Å²) in [6.45, 7) is 0. The zero-order valence-electron chi connectivity index (χ0n) is 13.0. The number of anilines is 1. The second kappa shape index (κ2) is 5.85. The minimum absolute atomic E-state index is 0.0503. The van der Waals surface area contributed by atoms with Crippen molar-refractivity contribution in [3.05, 3.63) is 72.1 Å². The summed E-state index contributed by atoms with van der Waals surface area (Å²) in [4.78, 5) is 12.7. The zero-order valence-corrected chi connectivity index (χ0v) is 13.0. The minimum atomic E-state index is -0.249. The molecule has 0 aliphatic heterocycles. The van der Waals surface area contributed by atoms with Crippen molar-refractivity contribution in [1.82, 2.24) is 9.78 Å². The van der Waals surface area contributed by atoms with Crippen LogP contribution in [0.1, 0.15) is 34.8 Å². The van der Waals surface area contributed by atoms with E-state index in [0.29, 0.717) is 17.2 Å². The van der Waals surface area contributed by atoms with Crippen LogP contribution < -0.4 is 5.32 Å². The second-order valence-electron chi connectivity index (χ2n) is 5.94. The predicted molar refractivity (Wildman–Crippen MR) is 91.6 cm³/mol. The third-order valence-corrected chi connectivity index (χ3v) is 4.17. The number of aromatic hydroxyl groups is 1. The van der Waals surface area contributed by atoms with E-state index < -0.39 is 0 Å². The van der Waals surface area contributed by atoms with E-state index in [4.69, 9.17) is 0 Å². The van der Waals surface area contributed by atoms with Crippen LogP contribution in [-0.4, -0.2) is 20.8 Å². The van der Waals surface area contributed by atoms with Gasteiger partial charge < -0.3 is 10.4 Å². The molecule has 0 spiro atoms. The molecule has 0 bridgehead atoms. The number of rotatable bonds is 4. The quantitative estimate of drug-likeness (QED) is 0.720. The third-order valence-electron chi connectivity index (χ3n) is 4.17. The molecule has 1 aliphatic rings. The van der Waals surface area contributed by atoms with E-state index in [-0.39, 0.29) is 11.7 Å². The molecule has 5 nitrogen and oxygen atoms in total. The lowest BCUT2D eigenvalue weighted by atomic mass is 10.1. The molecule has 2 aromatic carbocycles. The van der Waals surface area contributed by atoms with Gasteiger partial charge in [-0.3, -0.25) is 4.79 Å². The van der Waals surface area contributed by atoms with Gasteiger partial charge >= 0.3 is 0 Å². The summed E-state index contributed by atoms with van der Waals surface area (Å²) in [5, 5.41) is 17.0. The Morgan fingerprint density at radius 3 is 2.50 bits per heavy atom. The maximum absolute atomic E-state index is 12.7. The van der Waals surface area contributed by atoms with Crippen molar-refractivity contribution in [2.45, 2.75) is 18.8 Å². The van der Waals surface area contributed by atoms with E-state index in [9.17, 15) is 9.90 Å². The normalized spacial score (nSPS) is 13.7. The molecule has 4 rings (SSSR count). The first kappa shape index (κ1) is 14.5. The minimum Gasteiger partial charge on any atom is -0.506 e. The lowest BCUT2D eigenvalue weighted by Crippen LogP contribution is -2.14. The molecule has 2 N–H and O–H groups in total. The number of hydrogen-bond donors (Lipinski definition) is 2. The average molecular weight is 319 g/mol. The number of benzene rings is 2. The van der Waals surface area contributed by atoms with E-state index in [0.717, 1.165) is 24.2 Å². The molecule has 1 amide bonds. The molecule has 5 heteroatoms. The molecule has 1 heterocycles. The van der Waals surface area contributed by atoms with E-state index in [1.54, 1.807) is 30.5 Å². The first-order chi connectivity index (χ1) is 11.7. The Hall–Kier alpha value is -3.08. The molecule has 0 atom stereocenters. The van der Waals surface area contributed by atoms with E-state index in [2.05, 4.69) is 10.4 Å². The van der Waals surface area contributed by atoms with Gasteiger partial charge in [-0.25, -0.2) is 4.68 Å². The molecule has 1 fully saturated rings. The van der Waals surface area contributed by atoms with Crippen LogP contribution in [0.15, 0.2) is 60.8 Å². The maximum Gasteiger partial charge on any atom is 0.259 e. The lowest BCUT2D eigenvalue weighted by Gasteiger charge is -2.10. The number of aromatic nitrogens is 2. The summed E-state index contributed by atoms with van der Waals surface area (Å²) in [6, 6.07) is 16.5. The van der Waals surface area contributed by atoms with Crippen molar-refractivity contribution in [3.63, 3.8) is 0 Å². The first-order valence-corrected chi connectivity index (χ1v) is 7.97. The molecular weight excluding hydrogens is 302 g/mol. The number of amides is 1. The zero-order chi connectivity index (χ0) is 16.5. The van der Waals surface area contributed by atoms with Gasteiger partial charge in [0.2, 0.25) is 0 Å². The van der Waals surface area contributed by atoms with Gasteiger partial charge in [0, 0.05) is 5.92 Å². The van der Waals surface area contributed by atoms with Gasteiger partial charge in [0.25, 0.3) is 5.91 Å². The standard InChI is InChI=1S/C19H17N3O2/c23-17-9-5-4-8-16(17)21-19(24)15-12-20-22(18(15)13-10-11-13)14-6-2-1-3-7-14/h1-9,12-13,23H,10-11H2,(H,21,24). The van der Waals surface area contributed by atoms with Crippen molar-refractivity contribution in [1.29, 1.82) is 0 Å². The number of phenols is 1. The highest BCUT2D eigenvalue weighted by Gasteiger charge is 2.33. The lowest BCUT2D eigenvalue weighted by molar-refractivity contribution is 0.102. The van der Waals surface area contributed by atoms with E-state index in [1.165, 1.54) is 0 Å². The Labute approximate surface area is 139 Å². The van der Waals surface area contributed by atoms with Crippen LogP contribution in [0.2, 0.25) is 0 Å². The van der Waals surface area contributed by atoms with Gasteiger partial charge in [-0.2, -0.15) is 5.10 Å². The molecule has 24 heavy (non-hydrogen) atoms. The van der Waals surface area contributed by atoms with Gasteiger partial charge in [0.05, 0.1) is 28.8 Å². The van der Waals surface area contributed by atoms with Crippen molar-refractivity contribution in [2.24, 2.45) is 0 Å². The Morgan fingerprint density at radius 1 is 1.08 bits per heavy atom. The van der Waals surface area contributed by atoms with Crippen LogP contribution in [0.4, 0.5) is 5.69 Å². The monoisotopic (exact) mass is 319 g/mol. The van der Waals surface area contributed by atoms with Crippen LogP contribution in [-0.2, 0) is 0 Å². The average Bonchev–Trinajstić information content (AvgIpc) is 3.35. The largest absolute Gasteiger partial charge is 0.506 e. The van der Waals surface area contributed by atoms with Crippen molar-refractivity contribution >= 4 is 11.6 Å². The summed E-state index contributed by atoms with van der Waals surface area (Å²) in [6.07, 6.45) is 3.74. The summed E-state index contributed by atoms with van der Waals surface area (Å²) in [5.74, 6) is 0.160. The summed E-state index contributed by atoms with van der Waals surface area (Å²) >= 11 is 0. The van der Waals surface area contributed by atoms with Crippen LogP contribution in [0.5, 0.6) is 5.75 Å². The predicted octanol–water partition coefficient (Wildman–Crippen LogP) is 3.71. The van der Waals surface area contributed by atoms with E-state index >= 15 is 0 Å². The molecular formula is C19H17N3O2. The van der Waals surface area contributed by atoms with Gasteiger partial charge in [-0.15, -0.1) is 0 Å². The number of carbonyl (C=O) groups is 1. The molecule has 120 valence electrons. The first-order valence-electron chi connectivity index (χ1n) is 7.97. The Morgan fingerprint density at radius 2 is 1.79 bits per heavy atom. The molecule has 0 radical (unpaired) electrons. The number of nitrogens with zero attached hydrogens (tertiary/aromatic N) is 2. The highest BCUT2D eigenvalue weighted by molar-refractivity contribution is 6.05. The third kappa shape index (κ3) is 2.65. The van der Waals surface area contributed by atoms with Gasteiger partial charge in [0.15, 0.2) is 0 Å². The van der Waals surface area contributed by atoms with Crippen LogP contribution in [0.25, 0.3) is 5.69 Å². The van der Waals surface area contributed by atoms with Gasteiger partial charge in [0.1, 0.15) is 5.75 Å². The maximum atomic E-state index is 12.7. The fourth-order valence-corrected chi connectivity index (χ4v) is 2.83. The highest BCUT2D eigenvalue weighted by atomic mass is 16.3. The fraction of sp³-hybridized carbons (Fsp3) is 0.158. The van der Waals surface area contributed by atoms with Crippen LogP contribution in [0.3, 0.4) is 0 Å². The van der Waals surface area contributed by atoms with Gasteiger partial charge in [-0.05, 0) is 37.1 Å². The molecule has 1 aliphatic carbocycles. The second-order valence-corrected chi connectivity index (χ2v) is 5.94. The van der Waals surface area contributed by atoms with Crippen LogP contribution in [0, 0.1) is 0 Å². The van der Waals surface area contributed by atoms with Gasteiger partial charge in [-0.1, -0.05) is 30.3 Å². The number of nitrogens with one attached hydrogen (secondary N) is 1. The number of phenolic OH excluding ortho intramolecular Hbond substituents is 1. The number of para-hydroxylation sites is 3. The molecule has 3 aromatic rings. The topological polar surface area (TPSA) is 67.2 Å². The smallest absolute Gasteiger partial charge is 0.259 e. The Bertz CT molecular complexity index is 883. The van der Waals surface area contributed by atoms with Crippen LogP contribution >= 0.6 is 0 Å². The highest BCUT2D eigenvalue weighted by Crippen LogP contribution is 2.42. The SMILES string of the molecule is O=C(Nc1ccccc1O)c1cnn(-c2ccccc2)c1C1CC1. The number of hydrogen-bond acceptors (Lipinski definition) is 3. The number of carbonyl (C=O) groups excluding carboxylic acids is 1. The molecule has 1 aromatic heterocycles. The van der Waals surface area contributed by atoms with E-state index in [1.807, 2.05) is 35.0 Å². The summed E-state index contributed by atoms with van der Waals surface area (Å²) in [7, 11) is 0. The van der Waals surface area contributed by atoms with Crippen molar-refractivity contribution in [2.75, 3.05) is 5.32 Å². The molecule has 1 saturated carbocycles. The summed E-state index contributed by atoms with van der Waals surface area (Å²) in [5.41, 5.74) is 2.84. The van der Waals surface area contributed by atoms with Crippen molar-refractivity contribution < 1.29 is 9.90 Å². The molecule has 0 unspecified atom stereocenters. The van der Waals surface area contributed by atoms with Crippen molar-refractivity contribution in [3.8, 4) is 11.4 Å². The Balaban J connectivity index is 1.70. The summed E-state index contributed by atoms with van der Waals surface area (Å²) < 4.78 is 1.84. The molecule has 0 saturated heterocycles.